The van der Waals surface area contributed by atoms with Gasteiger partial charge in [0.05, 0.1) is 12.0 Å². The minimum Gasteiger partial charge on any atom is -0.481 e. The van der Waals surface area contributed by atoms with Crippen LogP contribution in [-0.4, -0.2) is 22.3 Å². The maximum atomic E-state index is 10.7. The fourth-order valence-corrected chi connectivity index (χ4v) is 1.41. The van der Waals surface area contributed by atoms with Crippen LogP contribution in [0.5, 0.6) is 0 Å². The third-order valence-corrected chi connectivity index (χ3v) is 2.48. The van der Waals surface area contributed by atoms with Gasteiger partial charge < -0.3 is 10.2 Å². The lowest BCUT2D eigenvalue weighted by Crippen LogP contribution is -2.20. The lowest BCUT2D eigenvalue weighted by Gasteiger charge is -2.16. The summed E-state index contributed by atoms with van der Waals surface area (Å²) < 4.78 is 0. The van der Waals surface area contributed by atoms with Crippen LogP contribution in [0.25, 0.3) is 0 Å². The van der Waals surface area contributed by atoms with Crippen molar-refractivity contribution < 1.29 is 15.0 Å². The van der Waals surface area contributed by atoms with Gasteiger partial charge in [-0.15, -0.1) is 0 Å². The molecule has 2 unspecified atom stereocenters. The molecular weight excluding hydrogens is 180 g/mol. The first-order valence-electron chi connectivity index (χ1n) is 5.38. The van der Waals surface area contributed by atoms with E-state index in [1.54, 1.807) is 0 Å². The molecular formula is C11H22O3. The molecule has 14 heavy (non-hydrogen) atoms. The maximum absolute atomic E-state index is 10.7. The molecule has 0 saturated heterocycles. The Balaban J connectivity index is 3.79. The number of rotatable bonds is 7. The van der Waals surface area contributed by atoms with Crippen LogP contribution in [-0.2, 0) is 4.79 Å². The van der Waals surface area contributed by atoms with Gasteiger partial charge in [0, 0.05) is 0 Å². The van der Waals surface area contributed by atoms with Gasteiger partial charge in [-0.2, -0.15) is 0 Å². The normalized spacial score (nSPS) is 15.5. The minimum absolute atomic E-state index is 0.387. The third kappa shape index (κ3) is 5.97. The van der Waals surface area contributed by atoms with Gasteiger partial charge in [-0.1, -0.05) is 20.8 Å². The minimum atomic E-state index is -0.795. The van der Waals surface area contributed by atoms with Crippen molar-refractivity contribution >= 4 is 5.97 Å². The van der Waals surface area contributed by atoms with E-state index in [0.717, 1.165) is 6.42 Å². The molecule has 0 aromatic rings. The highest BCUT2D eigenvalue weighted by atomic mass is 16.4. The number of aliphatic hydroxyl groups is 1. The number of carbonyl (C=O) groups is 1. The van der Waals surface area contributed by atoms with Crippen LogP contribution in [0, 0.1) is 11.8 Å². The summed E-state index contributed by atoms with van der Waals surface area (Å²) >= 11 is 0. The van der Waals surface area contributed by atoms with Crippen LogP contribution < -0.4 is 0 Å². The molecule has 0 aliphatic heterocycles. The van der Waals surface area contributed by atoms with E-state index in [2.05, 4.69) is 13.8 Å². The molecule has 0 amide bonds. The fourth-order valence-electron chi connectivity index (χ4n) is 1.41. The summed E-state index contributed by atoms with van der Waals surface area (Å²) in [5.74, 6) is -0.622. The van der Waals surface area contributed by atoms with E-state index in [0.29, 0.717) is 25.2 Å². The van der Waals surface area contributed by atoms with Crippen LogP contribution in [0.15, 0.2) is 0 Å². The molecule has 0 aliphatic carbocycles. The van der Waals surface area contributed by atoms with Crippen LogP contribution in [0.1, 0.15) is 46.5 Å². The van der Waals surface area contributed by atoms with Gasteiger partial charge in [0.1, 0.15) is 0 Å². The topological polar surface area (TPSA) is 57.5 Å². The summed E-state index contributed by atoms with van der Waals surface area (Å²) in [5, 5.41) is 18.4. The van der Waals surface area contributed by atoms with Crippen molar-refractivity contribution in [3.63, 3.8) is 0 Å². The summed E-state index contributed by atoms with van der Waals surface area (Å²) in [6.45, 7) is 6.04. The standard InChI is InChI=1S/C11H22O3/c1-4-9(11(13)14)7-10(12)6-5-8(2)3/h8-10,12H,4-7H2,1-3H3,(H,13,14). The Hall–Kier alpha value is -0.570. The van der Waals surface area contributed by atoms with E-state index >= 15 is 0 Å². The number of aliphatic hydroxyl groups excluding tert-OH is 1. The largest absolute Gasteiger partial charge is 0.481 e. The summed E-state index contributed by atoms with van der Waals surface area (Å²) in [7, 11) is 0. The zero-order valence-electron chi connectivity index (χ0n) is 9.36. The van der Waals surface area contributed by atoms with E-state index in [1.165, 1.54) is 0 Å². The summed E-state index contributed by atoms with van der Waals surface area (Å²) in [5.41, 5.74) is 0. The molecule has 2 N–H and O–H groups in total. The van der Waals surface area contributed by atoms with E-state index in [9.17, 15) is 9.90 Å². The average molecular weight is 202 g/mol. The number of hydrogen-bond donors (Lipinski definition) is 2. The molecule has 0 saturated carbocycles. The van der Waals surface area contributed by atoms with Gasteiger partial charge in [-0.3, -0.25) is 4.79 Å². The Morgan fingerprint density at radius 3 is 2.21 bits per heavy atom. The van der Waals surface area contributed by atoms with Gasteiger partial charge in [0.25, 0.3) is 0 Å². The highest BCUT2D eigenvalue weighted by molar-refractivity contribution is 5.69. The Bertz CT molecular complexity index is 166. The molecule has 0 bridgehead atoms. The fraction of sp³-hybridized carbons (Fsp3) is 0.909. The first-order valence-corrected chi connectivity index (χ1v) is 5.38. The highest BCUT2D eigenvalue weighted by Gasteiger charge is 2.19. The van der Waals surface area contributed by atoms with Gasteiger partial charge in [0.15, 0.2) is 0 Å². The molecule has 3 nitrogen and oxygen atoms in total. The van der Waals surface area contributed by atoms with Crippen LogP contribution >= 0.6 is 0 Å². The van der Waals surface area contributed by atoms with Crippen LogP contribution in [0.4, 0.5) is 0 Å². The molecule has 2 atom stereocenters. The van der Waals surface area contributed by atoms with E-state index in [4.69, 9.17) is 5.11 Å². The van der Waals surface area contributed by atoms with Crippen molar-refractivity contribution in [3.8, 4) is 0 Å². The number of carboxylic acid groups (broad SMARTS) is 1. The van der Waals surface area contributed by atoms with Crippen molar-refractivity contribution in [1.29, 1.82) is 0 Å². The lowest BCUT2D eigenvalue weighted by molar-refractivity contribution is -0.143. The Morgan fingerprint density at radius 2 is 1.86 bits per heavy atom. The molecule has 0 rings (SSSR count). The number of carboxylic acids is 1. The molecule has 0 aliphatic rings. The smallest absolute Gasteiger partial charge is 0.306 e. The van der Waals surface area contributed by atoms with E-state index in [-0.39, 0.29) is 0 Å². The van der Waals surface area contributed by atoms with Crippen molar-refractivity contribution in [2.45, 2.75) is 52.6 Å². The Morgan fingerprint density at radius 1 is 1.29 bits per heavy atom. The molecule has 0 radical (unpaired) electrons. The van der Waals surface area contributed by atoms with E-state index < -0.39 is 18.0 Å². The number of hydrogen-bond acceptors (Lipinski definition) is 2. The van der Waals surface area contributed by atoms with Gasteiger partial charge in [-0.25, -0.2) is 0 Å². The number of aliphatic carboxylic acids is 1. The first-order chi connectivity index (χ1) is 6.47. The van der Waals surface area contributed by atoms with Crippen molar-refractivity contribution in [3.05, 3.63) is 0 Å². The first kappa shape index (κ1) is 13.4. The molecule has 0 fully saturated rings. The lowest BCUT2D eigenvalue weighted by atomic mass is 9.95. The molecule has 0 aromatic heterocycles. The second kappa shape index (κ2) is 6.82. The predicted molar refractivity (Wildman–Crippen MR) is 56.1 cm³/mol. The summed E-state index contributed by atoms with van der Waals surface area (Å²) in [6, 6.07) is 0. The molecule has 3 heteroatoms. The average Bonchev–Trinajstić information content (AvgIpc) is 2.10. The third-order valence-electron chi connectivity index (χ3n) is 2.48. The molecule has 84 valence electrons. The zero-order chi connectivity index (χ0) is 11.1. The predicted octanol–water partition coefficient (Wildman–Crippen LogP) is 2.28. The second-order valence-corrected chi connectivity index (χ2v) is 4.30. The van der Waals surface area contributed by atoms with Crippen LogP contribution in [0.3, 0.4) is 0 Å². The quantitative estimate of drug-likeness (QED) is 0.666. The zero-order valence-corrected chi connectivity index (χ0v) is 9.36. The maximum Gasteiger partial charge on any atom is 0.306 e. The molecule has 0 aromatic carbocycles. The molecule has 0 spiro atoms. The monoisotopic (exact) mass is 202 g/mol. The SMILES string of the molecule is CCC(CC(O)CCC(C)C)C(=O)O. The second-order valence-electron chi connectivity index (χ2n) is 4.30. The Labute approximate surface area is 86.1 Å². The summed E-state index contributed by atoms with van der Waals surface area (Å²) in [4.78, 5) is 10.7. The van der Waals surface area contributed by atoms with Gasteiger partial charge in [-0.05, 0) is 31.6 Å². The van der Waals surface area contributed by atoms with E-state index in [1.807, 2.05) is 6.92 Å². The van der Waals surface area contributed by atoms with Crippen molar-refractivity contribution in [1.82, 2.24) is 0 Å². The van der Waals surface area contributed by atoms with Crippen molar-refractivity contribution in [2.75, 3.05) is 0 Å². The van der Waals surface area contributed by atoms with Gasteiger partial charge in [0.2, 0.25) is 0 Å². The van der Waals surface area contributed by atoms with Crippen LogP contribution in [0.2, 0.25) is 0 Å². The van der Waals surface area contributed by atoms with Crippen molar-refractivity contribution in [2.24, 2.45) is 11.8 Å². The highest BCUT2D eigenvalue weighted by Crippen LogP contribution is 2.16. The summed E-state index contributed by atoms with van der Waals surface area (Å²) in [6.07, 6.45) is 2.18. The molecule has 0 heterocycles. The Kier molecular flexibility index (Phi) is 6.54. The van der Waals surface area contributed by atoms with Gasteiger partial charge >= 0.3 is 5.97 Å².